The van der Waals surface area contributed by atoms with Gasteiger partial charge in [-0.25, -0.2) is 0 Å². The van der Waals surface area contributed by atoms with E-state index < -0.39 is 18.4 Å². The summed E-state index contributed by atoms with van der Waals surface area (Å²) in [5.41, 5.74) is 12.5. The van der Waals surface area contributed by atoms with Crippen molar-refractivity contribution in [3.63, 3.8) is 0 Å². The van der Waals surface area contributed by atoms with Gasteiger partial charge in [0.05, 0.1) is 0 Å². The van der Waals surface area contributed by atoms with Crippen LogP contribution in [0.1, 0.15) is 38.9 Å². The number of hydrogen-bond acceptors (Lipinski definition) is 5. The topological polar surface area (TPSA) is 52.9 Å². The Morgan fingerprint density at radius 1 is 0.846 bits per heavy atom. The summed E-state index contributed by atoms with van der Waals surface area (Å²) in [5.74, 6) is 0. The van der Waals surface area contributed by atoms with Gasteiger partial charge in [-0.05, 0) is 63.8 Å². The molecule has 1 aliphatic heterocycles. The molecule has 0 bridgehead atoms. The molecule has 1 aliphatic rings. The third kappa shape index (κ3) is 7.81. The maximum atomic E-state index is 10.6. The zero-order valence-corrected chi connectivity index (χ0v) is 27.1. The Morgan fingerprint density at radius 3 is 1.64 bits per heavy atom. The van der Waals surface area contributed by atoms with Crippen LogP contribution in [0.5, 0.6) is 0 Å². The number of anilines is 3. The Kier molecular flexibility index (Phi) is 10.6. The van der Waals surface area contributed by atoms with E-state index in [1.807, 2.05) is 19.0 Å². The van der Waals surface area contributed by atoms with E-state index in [0.717, 1.165) is 18.8 Å². The molecule has 0 amide bonds. The number of rotatable bonds is 5. The molecule has 0 spiro atoms. The number of nitrogens with zero attached hydrogens (tertiary/aromatic N) is 4. The smallest absolute Gasteiger partial charge is 0.0146 e. The van der Waals surface area contributed by atoms with Crippen LogP contribution in [0.25, 0.3) is 0 Å². The summed E-state index contributed by atoms with van der Waals surface area (Å²) in [6.45, 7) is 17.6. The van der Waals surface area contributed by atoms with Crippen LogP contribution in [0.3, 0.4) is 0 Å². The molecule has 3 aromatic carbocycles. The minimum absolute atomic E-state index is 0.0422. The largest absolute Gasteiger partial charge is 0.502 e. The van der Waals surface area contributed by atoms with Gasteiger partial charge in [0.15, 0.2) is 0 Å². The van der Waals surface area contributed by atoms with Gasteiger partial charge in [0.2, 0.25) is 0 Å². The Balaban J connectivity index is 0.000000231. The first kappa shape index (κ1) is 31.1. The molecule has 212 valence electrons. The maximum Gasteiger partial charge on any atom is 0.0146 e. The summed E-state index contributed by atoms with van der Waals surface area (Å²) in [6.07, 6.45) is 0. The van der Waals surface area contributed by atoms with E-state index >= 15 is 0 Å². The van der Waals surface area contributed by atoms with Crippen LogP contribution >= 0.6 is 19.4 Å². The Morgan fingerprint density at radius 2 is 1.28 bits per heavy atom. The molecule has 6 nitrogen and oxygen atoms in total. The summed E-state index contributed by atoms with van der Waals surface area (Å²) in [7, 11) is 15.3. The van der Waals surface area contributed by atoms with Crippen molar-refractivity contribution in [3.8, 4) is 0 Å². The maximum absolute atomic E-state index is 10.6. The average Bonchev–Trinajstić information content (AvgIpc) is 3.26. The Labute approximate surface area is 245 Å². The minimum atomic E-state index is -1.99. The standard InChI is InChI=1S/C21H27N2.C9H10N2O2.2ClH.Ru/c1-14-9-16(3)20(17(4)10-14)22-7-8-23(13-22)21-18(5)11-15(2)12-19(21)6;1-7-6-8(11(12)13)4-5-9(7)10(2)3;;;/h9-13H,7-8H2,1-6H3;1,4-6H,2-3H3;2*1H;/q-1;;;;+2/p-2. The van der Waals surface area contributed by atoms with E-state index in [0.29, 0.717) is 5.56 Å². The number of nitro benzene ring substituents is 1. The molecule has 1 heterocycles. The summed E-state index contributed by atoms with van der Waals surface area (Å²) < 4.78 is 1.70. The molecule has 0 radical (unpaired) electrons. The second kappa shape index (κ2) is 13.3. The zero-order valence-electron chi connectivity index (χ0n) is 23.8. The normalized spacial score (nSPS) is 13.1. The molecule has 0 atom stereocenters. The summed E-state index contributed by atoms with van der Waals surface area (Å²) in [4.78, 5) is 16.9. The summed E-state index contributed by atoms with van der Waals surface area (Å²) in [5, 5.41) is 10.6. The van der Waals surface area contributed by atoms with Gasteiger partial charge in [0.1, 0.15) is 0 Å². The number of hydrogen-bond donors (Lipinski definition) is 0. The number of aryl methyl sites for hydroxylation is 6. The fraction of sp³-hybridized carbons (Fsp3) is 0.333. The molecule has 3 aromatic rings. The molecular weight excluding hydrogens is 620 g/mol. The quantitative estimate of drug-likeness (QED) is 0.122. The summed E-state index contributed by atoms with van der Waals surface area (Å²) >= 11 is -1.99. The number of nitro groups is 1. The van der Waals surface area contributed by atoms with Gasteiger partial charge in [-0.3, -0.25) is 0 Å². The monoisotopic (exact) mass is 657 g/mol. The van der Waals surface area contributed by atoms with Crippen molar-refractivity contribution in [2.45, 2.75) is 41.5 Å². The van der Waals surface area contributed by atoms with Gasteiger partial charge in [-0.2, -0.15) is 6.67 Å². The van der Waals surface area contributed by atoms with E-state index in [9.17, 15) is 10.1 Å². The predicted octanol–water partition coefficient (Wildman–Crippen LogP) is 7.72. The molecule has 0 aromatic heterocycles. The molecule has 9 heteroatoms. The number of halogens is 2. The molecule has 0 unspecified atom stereocenters. The van der Waals surface area contributed by atoms with Crippen LogP contribution in [0.4, 0.5) is 22.7 Å². The molecular formula is C30H37Cl2N4O2Ru-. The van der Waals surface area contributed by atoms with Gasteiger partial charge in [-0.1, -0.05) is 35.4 Å². The third-order valence-corrected chi connectivity index (χ3v) is 8.43. The van der Waals surface area contributed by atoms with Gasteiger partial charge < -0.3 is 9.80 Å². The van der Waals surface area contributed by atoms with Crippen molar-refractivity contribution >= 4 is 46.7 Å². The fourth-order valence-corrected chi connectivity index (χ4v) is 7.11. The minimum Gasteiger partial charge on any atom is -0.502 e. The van der Waals surface area contributed by atoms with Gasteiger partial charge in [-0.15, -0.1) is 0 Å². The van der Waals surface area contributed by atoms with E-state index in [4.69, 9.17) is 19.4 Å². The Hall–Kier alpha value is -2.47. The summed E-state index contributed by atoms with van der Waals surface area (Å²) in [6, 6.07) is 13.8. The van der Waals surface area contributed by atoms with Crippen molar-refractivity contribution in [2.24, 2.45) is 0 Å². The van der Waals surface area contributed by atoms with Crippen molar-refractivity contribution < 1.29 is 18.4 Å². The second-order valence-corrected chi connectivity index (χ2v) is 15.9. The van der Waals surface area contributed by atoms with Crippen LogP contribution in [0, 0.1) is 58.3 Å². The molecule has 0 aliphatic carbocycles. The van der Waals surface area contributed by atoms with Crippen LogP contribution < -0.4 is 14.7 Å². The first-order chi connectivity index (χ1) is 18.3. The van der Waals surface area contributed by atoms with E-state index in [1.54, 1.807) is 10.7 Å². The Bertz CT molecular complexity index is 1290. The third-order valence-electron chi connectivity index (χ3n) is 6.60. The molecule has 1 saturated heterocycles. The van der Waals surface area contributed by atoms with Gasteiger partial charge in [0.25, 0.3) is 0 Å². The first-order valence-corrected chi connectivity index (χ1v) is 18.1. The van der Waals surface area contributed by atoms with Crippen LogP contribution in [-0.2, 0) is 13.5 Å². The van der Waals surface area contributed by atoms with Crippen molar-refractivity contribution in [2.75, 3.05) is 41.9 Å². The van der Waals surface area contributed by atoms with Crippen LogP contribution in [-0.4, -0.2) is 36.7 Å². The molecule has 0 saturated carbocycles. The fourth-order valence-electron chi connectivity index (χ4n) is 5.32. The van der Waals surface area contributed by atoms with E-state index in [2.05, 4.69) is 82.3 Å². The van der Waals surface area contributed by atoms with E-state index in [-0.39, 0.29) is 5.69 Å². The molecule has 39 heavy (non-hydrogen) atoms. The van der Waals surface area contributed by atoms with Crippen LogP contribution in [0.2, 0.25) is 0 Å². The average molecular weight is 658 g/mol. The number of non-ortho nitro benzene ring substituents is 1. The SMILES string of the molecule is CN(C)c1ccc([N+](=O)[O-])cc1[CH]=[Ru]([Cl])[Cl].Cc1cc(C)c(N2[CH-]N(c3c(C)cc(C)cc3C)CC2)c(C)c1. The second-order valence-electron chi connectivity index (χ2n) is 10.2. The van der Waals surface area contributed by atoms with Crippen molar-refractivity contribution in [1.82, 2.24) is 0 Å². The molecule has 1 fully saturated rings. The van der Waals surface area contributed by atoms with E-state index in [1.165, 1.54) is 56.9 Å². The number of benzene rings is 3. The first-order valence-electron chi connectivity index (χ1n) is 12.6. The predicted molar refractivity (Wildman–Crippen MR) is 165 cm³/mol. The molecule has 0 N–H and O–H groups in total. The van der Waals surface area contributed by atoms with Crippen molar-refractivity contribution in [1.29, 1.82) is 0 Å². The van der Waals surface area contributed by atoms with Gasteiger partial charge in [0, 0.05) is 24.5 Å². The van der Waals surface area contributed by atoms with Gasteiger partial charge >= 0.3 is 107 Å². The molecule has 4 rings (SSSR count). The van der Waals surface area contributed by atoms with Crippen molar-refractivity contribution in [3.05, 3.63) is 98.2 Å². The zero-order chi connectivity index (χ0) is 29.0. The van der Waals surface area contributed by atoms with Crippen LogP contribution in [0.15, 0.2) is 42.5 Å².